The first-order valence-electron chi connectivity index (χ1n) is 11.3. The Balaban J connectivity index is 1.56. The first kappa shape index (κ1) is 21.7. The molecular weight excluding hydrogens is 460 g/mol. The van der Waals surface area contributed by atoms with Crippen molar-refractivity contribution in [3.05, 3.63) is 94.5 Å². The van der Waals surface area contributed by atoms with Crippen molar-refractivity contribution in [1.29, 1.82) is 0 Å². The zero-order valence-electron chi connectivity index (χ0n) is 19.1. The number of carbonyl (C=O) groups is 1. The second-order valence-corrected chi connectivity index (χ2v) is 8.52. The van der Waals surface area contributed by atoms with Crippen LogP contribution in [0.3, 0.4) is 0 Å². The van der Waals surface area contributed by atoms with Gasteiger partial charge in [0.2, 0.25) is 5.43 Å². The van der Waals surface area contributed by atoms with Crippen molar-refractivity contribution in [2.75, 3.05) is 7.11 Å². The van der Waals surface area contributed by atoms with Crippen molar-refractivity contribution >= 4 is 16.9 Å². The molecule has 178 valence electrons. The minimum absolute atomic E-state index is 0.0136. The van der Waals surface area contributed by atoms with Gasteiger partial charge in [0.1, 0.15) is 34.5 Å². The molecule has 1 aliphatic rings. The monoisotopic (exact) mass is 480 g/mol. The van der Waals surface area contributed by atoms with Crippen molar-refractivity contribution < 1.29 is 23.8 Å². The number of nitrogens with one attached hydrogen (secondary N) is 1. The van der Waals surface area contributed by atoms with Gasteiger partial charge in [-0.1, -0.05) is 30.3 Å². The third-order valence-electron chi connectivity index (χ3n) is 6.48. The summed E-state index contributed by atoms with van der Waals surface area (Å²) in [4.78, 5) is 26.1. The van der Waals surface area contributed by atoms with Gasteiger partial charge in [-0.05, 0) is 29.8 Å². The van der Waals surface area contributed by atoms with Crippen LogP contribution in [-0.4, -0.2) is 28.4 Å². The van der Waals surface area contributed by atoms with Gasteiger partial charge in [-0.2, -0.15) is 5.10 Å². The largest absolute Gasteiger partial charge is 0.507 e. The van der Waals surface area contributed by atoms with Crippen LogP contribution < -0.4 is 14.9 Å². The summed E-state index contributed by atoms with van der Waals surface area (Å²) in [6.45, 7) is 0. The molecule has 6 rings (SSSR count). The van der Waals surface area contributed by atoms with E-state index in [0.29, 0.717) is 28.1 Å². The summed E-state index contributed by atoms with van der Waals surface area (Å²) in [6, 6.07) is 17.8. The Hall–Kier alpha value is -4.85. The molecule has 2 aromatic heterocycles. The molecule has 5 aromatic rings. The standard InChI is InChI=1S/C28H20N2O6/c1-34-17-9-7-16(8-10-17)26-19(13-29-30-26)18-11-23(32)36-22-12-21(31)25-27(33)20(14-35-28(25)24(18)22)15-5-3-2-4-6-15/h2-10,12-14,18,31H,11H2,1H3,(H,29,30). The number of aromatic hydroxyl groups is 1. The van der Waals surface area contributed by atoms with Crippen LogP contribution in [0.2, 0.25) is 0 Å². The molecule has 1 atom stereocenters. The van der Waals surface area contributed by atoms with E-state index in [2.05, 4.69) is 10.2 Å². The average Bonchev–Trinajstić information content (AvgIpc) is 3.38. The van der Waals surface area contributed by atoms with Gasteiger partial charge in [-0.15, -0.1) is 0 Å². The molecule has 0 spiro atoms. The smallest absolute Gasteiger partial charge is 0.312 e. The topological polar surface area (TPSA) is 115 Å². The minimum Gasteiger partial charge on any atom is -0.507 e. The summed E-state index contributed by atoms with van der Waals surface area (Å²) < 4.78 is 16.7. The summed E-state index contributed by atoms with van der Waals surface area (Å²) in [5.74, 6) is -0.434. The normalized spacial score (nSPS) is 14.9. The van der Waals surface area contributed by atoms with Gasteiger partial charge in [0, 0.05) is 28.7 Å². The van der Waals surface area contributed by atoms with Gasteiger partial charge in [-0.3, -0.25) is 14.7 Å². The van der Waals surface area contributed by atoms with Gasteiger partial charge in [0.15, 0.2) is 0 Å². The van der Waals surface area contributed by atoms with Crippen molar-refractivity contribution in [3.8, 4) is 39.6 Å². The Kier molecular flexibility index (Phi) is 5.07. The van der Waals surface area contributed by atoms with E-state index in [9.17, 15) is 14.7 Å². The van der Waals surface area contributed by atoms with Crippen LogP contribution in [0.1, 0.15) is 23.5 Å². The molecule has 1 unspecified atom stereocenters. The Morgan fingerprint density at radius 3 is 2.58 bits per heavy atom. The molecule has 0 aliphatic carbocycles. The Morgan fingerprint density at radius 2 is 1.83 bits per heavy atom. The molecule has 3 heterocycles. The number of fused-ring (bicyclic) bond motifs is 3. The number of hydrogen-bond acceptors (Lipinski definition) is 7. The number of esters is 1. The third-order valence-corrected chi connectivity index (χ3v) is 6.48. The lowest BCUT2D eigenvalue weighted by molar-refractivity contribution is -0.135. The second-order valence-electron chi connectivity index (χ2n) is 8.52. The highest BCUT2D eigenvalue weighted by Crippen LogP contribution is 2.47. The number of aromatic amines is 1. The highest BCUT2D eigenvalue weighted by molar-refractivity contribution is 5.94. The van der Waals surface area contributed by atoms with Crippen LogP contribution in [0.15, 0.2) is 82.3 Å². The molecule has 8 heteroatoms. The lowest BCUT2D eigenvalue weighted by Gasteiger charge is -2.25. The number of hydrogen-bond donors (Lipinski definition) is 2. The molecule has 0 radical (unpaired) electrons. The maximum absolute atomic E-state index is 13.5. The Bertz CT molecular complexity index is 1670. The number of rotatable bonds is 4. The number of phenols is 1. The van der Waals surface area contributed by atoms with Crippen LogP contribution in [0.5, 0.6) is 17.2 Å². The van der Waals surface area contributed by atoms with E-state index >= 15 is 0 Å². The number of ether oxygens (including phenoxy) is 2. The molecule has 2 N–H and O–H groups in total. The van der Waals surface area contributed by atoms with Gasteiger partial charge in [-0.25, -0.2) is 0 Å². The van der Waals surface area contributed by atoms with Crippen LogP contribution in [0.25, 0.3) is 33.4 Å². The van der Waals surface area contributed by atoms with Crippen molar-refractivity contribution in [2.45, 2.75) is 12.3 Å². The van der Waals surface area contributed by atoms with E-state index in [0.717, 1.165) is 11.1 Å². The molecule has 3 aromatic carbocycles. The summed E-state index contributed by atoms with van der Waals surface area (Å²) in [6.07, 6.45) is 3.05. The molecule has 1 aliphatic heterocycles. The third kappa shape index (κ3) is 3.42. The maximum Gasteiger partial charge on any atom is 0.312 e. The number of nitrogens with zero attached hydrogens (tertiary/aromatic N) is 1. The summed E-state index contributed by atoms with van der Waals surface area (Å²) >= 11 is 0. The average molecular weight is 480 g/mol. The molecule has 0 bridgehead atoms. The maximum atomic E-state index is 13.5. The highest BCUT2D eigenvalue weighted by atomic mass is 16.5. The Labute approximate surface area is 204 Å². The van der Waals surface area contributed by atoms with E-state index in [1.165, 1.54) is 12.3 Å². The van der Waals surface area contributed by atoms with Gasteiger partial charge >= 0.3 is 5.97 Å². The minimum atomic E-state index is -0.522. The number of benzene rings is 3. The zero-order valence-corrected chi connectivity index (χ0v) is 19.1. The molecule has 0 saturated heterocycles. The highest BCUT2D eigenvalue weighted by Gasteiger charge is 2.35. The van der Waals surface area contributed by atoms with E-state index in [4.69, 9.17) is 13.9 Å². The van der Waals surface area contributed by atoms with E-state index in [1.54, 1.807) is 25.4 Å². The van der Waals surface area contributed by atoms with E-state index in [1.807, 2.05) is 42.5 Å². The zero-order chi connectivity index (χ0) is 24.8. The number of phenolic OH excluding ortho intramolecular Hbond substituents is 1. The fourth-order valence-electron chi connectivity index (χ4n) is 4.76. The van der Waals surface area contributed by atoms with Crippen molar-refractivity contribution in [3.63, 3.8) is 0 Å². The molecule has 8 nitrogen and oxygen atoms in total. The number of aromatic nitrogens is 2. The number of H-pyrrole nitrogens is 1. The Morgan fingerprint density at radius 1 is 1.06 bits per heavy atom. The van der Waals surface area contributed by atoms with E-state index < -0.39 is 11.9 Å². The van der Waals surface area contributed by atoms with Gasteiger partial charge < -0.3 is 19.0 Å². The predicted molar refractivity (Wildman–Crippen MR) is 132 cm³/mol. The lowest BCUT2D eigenvalue weighted by Crippen LogP contribution is -2.22. The van der Waals surface area contributed by atoms with Crippen LogP contribution in [-0.2, 0) is 4.79 Å². The summed E-state index contributed by atoms with van der Waals surface area (Å²) in [5, 5.41) is 18.1. The molecule has 0 fully saturated rings. The lowest BCUT2D eigenvalue weighted by atomic mass is 9.84. The molecule has 0 amide bonds. The predicted octanol–water partition coefficient (Wildman–Crippen LogP) is 5.01. The molecule has 36 heavy (non-hydrogen) atoms. The number of methoxy groups -OCH3 is 1. The first-order chi connectivity index (χ1) is 17.5. The van der Waals surface area contributed by atoms with Crippen molar-refractivity contribution in [2.24, 2.45) is 0 Å². The summed E-state index contributed by atoms with van der Waals surface area (Å²) in [7, 11) is 1.60. The number of carbonyl (C=O) groups excluding carboxylic acids is 1. The fourth-order valence-corrected chi connectivity index (χ4v) is 4.76. The SMILES string of the molecule is COc1ccc(-c2[nH]ncc2C2CC(=O)Oc3cc(O)c4c(=O)c(-c5ccccc5)coc4c32)cc1. The van der Waals surface area contributed by atoms with E-state index in [-0.39, 0.29) is 34.3 Å². The van der Waals surface area contributed by atoms with Gasteiger partial charge in [0.25, 0.3) is 0 Å². The van der Waals surface area contributed by atoms with Gasteiger partial charge in [0.05, 0.1) is 31.0 Å². The molecule has 0 saturated carbocycles. The van der Waals surface area contributed by atoms with Crippen LogP contribution >= 0.6 is 0 Å². The van der Waals surface area contributed by atoms with Crippen LogP contribution in [0, 0.1) is 0 Å². The fraction of sp³-hybridized carbons (Fsp3) is 0.107. The second kappa shape index (κ2) is 8.42. The quantitative estimate of drug-likeness (QED) is 0.275. The first-order valence-corrected chi connectivity index (χ1v) is 11.3. The van der Waals surface area contributed by atoms with Crippen molar-refractivity contribution in [1.82, 2.24) is 10.2 Å². The van der Waals surface area contributed by atoms with Crippen LogP contribution in [0.4, 0.5) is 0 Å². The summed E-state index contributed by atoms with van der Waals surface area (Å²) in [5.41, 5.74) is 3.60. The molecular formula is C28H20N2O6.